The van der Waals surface area contributed by atoms with Crippen molar-refractivity contribution in [1.82, 2.24) is 15.2 Å². The number of esters is 1. The first-order chi connectivity index (χ1) is 16.5. The van der Waals surface area contributed by atoms with Crippen molar-refractivity contribution >= 4 is 40.5 Å². The molecule has 0 spiro atoms. The van der Waals surface area contributed by atoms with Crippen molar-refractivity contribution in [2.75, 3.05) is 13.1 Å². The summed E-state index contributed by atoms with van der Waals surface area (Å²) in [5.41, 5.74) is 4.95. The standard InChI is InChI=1S/C27H25N3O4/c1-17(25(31)30-15-14-28-27(30)33)34-26(32)23-20-11-5-6-13-22(20)29-24-19(10-7-12-21(23)24)16-18-8-3-2-4-9-18/h2-6,8-9,11,13,16-17H,7,10,12,14-15H2,1H3,(H,28,33)/b19-16-/t17-/m0/s1. The van der Waals surface area contributed by atoms with Gasteiger partial charge in [0.05, 0.1) is 16.8 Å². The van der Waals surface area contributed by atoms with Gasteiger partial charge in [0, 0.05) is 18.5 Å². The number of fused-ring (bicyclic) bond motifs is 2. The fraction of sp³-hybridized carbons (Fsp3) is 0.259. The molecule has 1 aliphatic heterocycles. The summed E-state index contributed by atoms with van der Waals surface area (Å²) < 4.78 is 5.63. The summed E-state index contributed by atoms with van der Waals surface area (Å²) in [4.78, 5) is 44.0. The lowest BCUT2D eigenvalue weighted by molar-refractivity contribution is -0.136. The van der Waals surface area contributed by atoms with E-state index in [4.69, 9.17) is 9.72 Å². The predicted octanol–water partition coefficient (Wildman–Crippen LogP) is 4.21. The Kier molecular flexibility index (Phi) is 5.84. The molecule has 1 saturated heterocycles. The first-order valence-corrected chi connectivity index (χ1v) is 11.5. The maximum atomic E-state index is 13.5. The van der Waals surface area contributed by atoms with Gasteiger partial charge in [-0.1, -0.05) is 48.5 Å². The van der Waals surface area contributed by atoms with Crippen LogP contribution < -0.4 is 5.32 Å². The Labute approximate surface area is 197 Å². The molecule has 0 radical (unpaired) electrons. The quantitative estimate of drug-likeness (QED) is 0.596. The van der Waals surface area contributed by atoms with Crippen molar-refractivity contribution < 1.29 is 19.1 Å². The van der Waals surface area contributed by atoms with Gasteiger partial charge in [-0.15, -0.1) is 0 Å². The molecule has 1 atom stereocenters. The molecule has 0 unspecified atom stereocenters. The molecule has 1 aromatic heterocycles. The second kappa shape index (κ2) is 9.09. The third-order valence-electron chi connectivity index (χ3n) is 6.27. The zero-order valence-corrected chi connectivity index (χ0v) is 18.9. The van der Waals surface area contributed by atoms with Crippen LogP contribution in [-0.4, -0.2) is 47.0 Å². The Morgan fingerprint density at radius 3 is 2.62 bits per heavy atom. The fourth-order valence-electron chi connectivity index (χ4n) is 4.63. The molecule has 0 saturated carbocycles. The number of urea groups is 1. The molecular weight excluding hydrogens is 430 g/mol. The number of allylic oxidation sites excluding steroid dienone is 1. The van der Waals surface area contributed by atoms with Crippen molar-refractivity contribution in [3.05, 3.63) is 77.0 Å². The van der Waals surface area contributed by atoms with Crippen molar-refractivity contribution in [2.45, 2.75) is 32.3 Å². The van der Waals surface area contributed by atoms with Crippen LogP contribution in [0.3, 0.4) is 0 Å². The second-order valence-corrected chi connectivity index (χ2v) is 8.53. The van der Waals surface area contributed by atoms with E-state index in [0.717, 1.165) is 40.1 Å². The number of ether oxygens (including phenoxy) is 1. The number of carbonyl (C=O) groups excluding carboxylic acids is 3. The lowest BCUT2D eigenvalue weighted by Crippen LogP contribution is -2.42. The molecule has 3 aromatic rings. The van der Waals surface area contributed by atoms with Gasteiger partial charge in [-0.3, -0.25) is 9.69 Å². The molecule has 5 rings (SSSR count). The number of carbonyl (C=O) groups is 3. The zero-order chi connectivity index (χ0) is 23.7. The molecule has 0 bridgehead atoms. The Bertz CT molecular complexity index is 1320. The molecule has 1 N–H and O–H groups in total. The van der Waals surface area contributed by atoms with Crippen LogP contribution in [0.1, 0.15) is 46.9 Å². The molecule has 172 valence electrons. The molecule has 34 heavy (non-hydrogen) atoms. The number of hydrogen-bond donors (Lipinski definition) is 1. The zero-order valence-electron chi connectivity index (χ0n) is 18.9. The molecule has 2 aromatic carbocycles. The topological polar surface area (TPSA) is 88.6 Å². The minimum absolute atomic E-state index is 0.265. The van der Waals surface area contributed by atoms with Crippen LogP contribution in [0.2, 0.25) is 0 Å². The average molecular weight is 456 g/mol. The highest BCUT2D eigenvalue weighted by atomic mass is 16.5. The van der Waals surface area contributed by atoms with E-state index in [2.05, 4.69) is 11.4 Å². The fourth-order valence-corrected chi connectivity index (χ4v) is 4.63. The number of aromatic nitrogens is 1. The molecule has 1 aliphatic carbocycles. The summed E-state index contributed by atoms with van der Waals surface area (Å²) in [7, 11) is 0. The molecule has 3 amide bonds. The lowest BCUT2D eigenvalue weighted by Gasteiger charge is -2.24. The maximum Gasteiger partial charge on any atom is 0.339 e. The SMILES string of the molecule is C[C@H](OC(=O)c1c2c(nc3ccccc13)/C(=C\c1ccccc1)CCC2)C(=O)N1CCNC1=O. The van der Waals surface area contributed by atoms with Crippen LogP contribution in [0.5, 0.6) is 0 Å². The Balaban J connectivity index is 1.54. The summed E-state index contributed by atoms with van der Waals surface area (Å²) in [6.07, 6.45) is 3.48. The van der Waals surface area contributed by atoms with Gasteiger partial charge < -0.3 is 10.1 Å². The van der Waals surface area contributed by atoms with E-state index in [-0.39, 0.29) is 6.54 Å². The molecule has 2 heterocycles. The second-order valence-electron chi connectivity index (χ2n) is 8.53. The van der Waals surface area contributed by atoms with E-state index < -0.39 is 24.0 Å². The van der Waals surface area contributed by atoms with Crippen molar-refractivity contribution in [2.24, 2.45) is 0 Å². The monoisotopic (exact) mass is 455 g/mol. The van der Waals surface area contributed by atoms with Crippen molar-refractivity contribution in [3.63, 3.8) is 0 Å². The van der Waals surface area contributed by atoms with Gasteiger partial charge in [0.2, 0.25) is 0 Å². The average Bonchev–Trinajstić information content (AvgIpc) is 3.28. The van der Waals surface area contributed by atoms with Crippen LogP contribution in [0, 0.1) is 0 Å². The number of rotatable bonds is 4. The van der Waals surface area contributed by atoms with Gasteiger partial charge in [-0.25, -0.2) is 14.6 Å². The number of nitrogens with one attached hydrogen (secondary N) is 1. The van der Waals surface area contributed by atoms with Gasteiger partial charge in [-0.2, -0.15) is 0 Å². The molecular formula is C27H25N3O4. The van der Waals surface area contributed by atoms with Crippen LogP contribution in [0.4, 0.5) is 4.79 Å². The smallest absolute Gasteiger partial charge is 0.339 e. The van der Waals surface area contributed by atoms with Crippen molar-refractivity contribution in [3.8, 4) is 0 Å². The first kappa shape index (κ1) is 21.8. The minimum Gasteiger partial charge on any atom is -0.449 e. The maximum absolute atomic E-state index is 13.5. The van der Waals surface area contributed by atoms with Gasteiger partial charge in [0.1, 0.15) is 0 Å². The number of benzene rings is 2. The van der Waals surface area contributed by atoms with E-state index in [1.807, 2.05) is 54.6 Å². The highest BCUT2D eigenvalue weighted by Gasteiger charge is 2.33. The van der Waals surface area contributed by atoms with Crippen LogP contribution in [0.15, 0.2) is 54.6 Å². The molecule has 7 nitrogen and oxygen atoms in total. The molecule has 7 heteroatoms. The van der Waals surface area contributed by atoms with Crippen LogP contribution >= 0.6 is 0 Å². The van der Waals surface area contributed by atoms with E-state index in [0.29, 0.717) is 29.4 Å². The van der Waals surface area contributed by atoms with Crippen LogP contribution in [0.25, 0.3) is 22.6 Å². The van der Waals surface area contributed by atoms with Crippen molar-refractivity contribution in [1.29, 1.82) is 0 Å². The third-order valence-corrected chi connectivity index (χ3v) is 6.27. The predicted molar refractivity (Wildman–Crippen MR) is 129 cm³/mol. The third kappa shape index (κ3) is 4.05. The highest BCUT2D eigenvalue weighted by Crippen LogP contribution is 2.36. The molecule has 2 aliphatic rings. The summed E-state index contributed by atoms with van der Waals surface area (Å²) >= 11 is 0. The number of nitrogens with zero attached hydrogens (tertiary/aromatic N) is 2. The number of amides is 3. The first-order valence-electron chi connectivity index (χ1n) is 11.5. The highest BCUT2D eigenvalue weighted by molar-refractivity contribution is 6.08. The van der Waals surface area contributed by atoms with Gasteiger partial charge >= 0.3 is 12.0 Å². The number of hydrogen-bond acceptors (Lipinski definition) is 5. The van der Waals surface area contributed by atoms with E-state index in [1.165, 1.54) is 6.92 Å². The number of para-hydroxylation sites is 1. The van der Waals surface area contributed by atoms with E-state index in [1.54, 1.807) is 0 Å². The Hall–Kier alpha value is -4.00. The minimum atomic E-state index is -1.08. The van der Waals surface area contributed by atoms with Gasteiger partial charge in [-0.05, 0) is 55.0 Å². The summed E-state index contributed by atoms with van der Waals surface area (Å²) in [6, 6.07) is 17.1. The number of imide groups is 1. The Morgan fingerprint density at radius 1 is 1.09 bits per heavy atom. The Morgan fingerprint density at radius 2 is 1.85 bits per heavy atom. The van der Waals surface area contributed by atoms with E-state index >= 15 is 0 Å². The normalized spacial score (nSPS) is 17.4. The number of pyridine rings is 1. The van der Waals surface area contributed by atoms with Crippen LogP contribution in [-0.2, 0) is 16.0 Å². The van der Waals surface area contributed by atoms with Gasteiger partial charge in [0.25, 0.3) is 5.91 Å². The summed E-state index contributed by atoms with van der Waals surface area (Å²) in [5.74, 6) is -1.10. The van der Waals surface area contributed by atoms with E-state index in [9.17, 15) is 14.4 Å². The summed E-state index contributed by atoms with van der Waals surface area (Å²) in [6.45, 7) is 2.16. The largest absolute Gasteiger partial charge is 0.449 e. The van der Waals surface area contributed by atoms with Gasteiger partial charge in [0.15, 0.2) is 6.10 Å². The summed E-state index contributed by atoms with van der Waals surface area (Å²) in [5, 5.41) is 3.29. The lowest BCUT2D eigenvalue weighted by atomic mass is 9.86. The molecule has 1 fully saturated rings.